The second-order valence-corrected chi connectivity index (χ2v) is 18.6. The molecule has 0 radical (unpaired) electrons. The van der Waals surface area contributed by atoms with Gasteiger partial charge >= 0.3 is 12.2 Å². The van der Waals surface area contributed by atoms with E-state index >= 15 is 0 Å². The summed E-state index contributed by atoms with van der Waals surface area (Å²) in [5, 5.41) is 12.8. The Morgan fingerprint density at radius 3 is 1.92 bits per heavy atom. The van der Waals surface area contributed by atoms with Crippen molar-refractivity contribution in [2.75, 3.05) is 37.9 Å². The molecule has 0 spiro atoms. The molecular formula is C49H60N8O6. The Morgan fingerprint density at radius 1 is 0.683 bits per heavy atom. The maximum atomic E-state index is 13.8. The average Bonchev–Trinajstić information content (AvgIpc) is 4.16. The molecule has 4 aromatic rings. The second kappa shape index (κ2) is 17.3. The summed E-state index contributed by atoms with van der Waals surface area (Å²) in [4.78, 5) is 64.0. The topological polar surface area (TPSA) is 170 Å². The molecule has 9 rings (SSSR count). The first-order valence-corrected chi connectivity index (χ1v) is 22.7. The number of aromatic amines is 1. The summed E-state index contributed by atoms with van der Waals surface area (Å²) in [6, 6.07) is 18.3. The molecule has 4 heterocycles. The van der Waals surface area contributed by atoms with Crippen LogP contribution in [0.4, 0.5) is 21.0 Å². The average molecular weight is 857 g/mol. The highest BCUT2D eigenvalue weighted by Crippen LogP contribution is 2.58. The zero-order valence-electron chi connectivity index (χ0n) is 37.1. The van der Waals surface area contributed by atoms with Crippen LogP contribution < -0.4 is 21.3 Å². The molecule has 4 amide bonds. The van der Waals surface area contributed by atoms with E-state index in [-0.39, 0.29) is 41.9 Å². The number of carbonyl (C=O) groups excluding carboxylic acids is 4. The zero-order valence-corrected chi connectivity index (χ0v) is 37.1. The SMILES string of the molecule is COC(=O)N[C@H](C(=O)N1CCC[C@H]1c1ncc(-c2ccc(-c3ccc(-c4ccc5c(c4)NC([C@@H]4CCCN4C(=O)[C@@H](NC(=O)OC)C(C)C)N5)cc3)c3c2C2CCC3C2)[nH]1)C(C)C. The number of nitrogens with zero attached hydrogens (tertiary/aromatic N) is 3. The molecule has 63 heavy (non-hydrogen) atoms. The largest absolute Gasteiger partial charge is 0.453 e. The number of methoxy groups -OCH3 is 2. The van der Waals surface area contributed by atoms with Crippen molar-refractivity contribution >= 4 is 35.4 Å². The maximum absolute atomic E-state index is 13.8. The minimum Gasteiger partial charge on any atom is -0.453 e. The van der Waals surface area contributed by atoms with E-state index in [0.29, 0.717) is 24.9 Å². The Kier molecular flexibility index (Phi) is 11.6. The van der Waals surface area contributed by atoms with Gasteiger partial charge in [0.2, 0.25) is 11.8 Å². The monoisotopic (exact) mass is 856 g/mol. The number of alkyl carbamates (subject to hydrolysis) is 2. The Labute approximate surface area is 369 Å². The van der Waals surface area contributed by atoms with Crippen molar-refractivity contribution in [3.8, 4) is 33.5 Å². The quantitative estimate of drug-likeness (QED) is 0.0995. The molecule has 7 atom stereocenters. The van der Waals surface area contributed by atoms with Gasteiger partial charge in [-0.15, -0.1) is 0 Å². The molecule has 3 aliphatic heterocycles. The van der Waals surface area contributed by atoms with Gasteiger partial charge < -0.3 is 45.5 Å². The van der Waals surface area contributed by atoms with Crippen LogP contribution >= 0.6 is 0 Å². The number of H-pyrrole nitrogens is 1. The predicted molar refractivity (Wildman–Crippen MR) is 242 cm³/mol. The number of ether oxygens (including phenoxy) is 2. The van der Waals surface area contributed by atoms with Crippen molar-refractivity contribution < 1.29 is 28.7 Å². The molecule has 5 aliphatic rings. The van der Waals surface area contributed by atoms with Crippen molar-refractivity contribution in [3.05, 3.63) is 77.7 Å². The smallest absolute Gasteiger partial charge is 0.407 e. The molecule has 1 saturated carbocycles. The first-order chi connectivity index (χ1) is 30.4. The molecule has 2 saturated heterocycles. The zero-order chi connectivity index (χ0) is 44.1. The summed E-state index contributed by atoms with van der Waals surface area (Å²) >= 11 is 0. The Bertz CT molecular complexity index is 2390. The fraction of sp³-hybridized carbons (Fsp3) is 0.490. The second-order valence-electron chi connectivity index (χ2n) is 18.6. The third-order valence-corrected chi connectivity index (χ3v) is 14.2. The highest BCUT2D eigenvalue weighted by atomic mass is 16.5. The maximum Gasteiger partial charge on any atom is 0.407 e. The third kappa shape index (κ3) is 7.86. The minimum absolute atomic E-state index is 0.0683. The summed E-state index contributed by atoms with van der Waals surface area (Å²) in [5.74, 6) is 1.42. The Hall–Kier alpha value is -6.05. The molecule has 2 aliphatic carbocycles. The molecule has 1 aromatic heterocycles. The lowest BCUT2D eigenvalue weighted by atomic mass is 9.82. The van der Waals surface area contributed by atoms with Crippen LogP contribution in [0.3, 0.4) is 0 Å². The highest BCUT2D eigenvalue weighted by molar-refractivity contribution is 5.88. The van der Waals surface area contributed by atoms with Crippen LogP contribution in [0.1, 0.15) is 107 Å². The van der Waals surface area contributed by atoms with Crippen LogP contribution in [0.5, 0.6) is 0 Å². The lowest BCUT2D eigenvalue weighted by Crippen LogP contribution is -2.56. The van der Waals surface area contributed by atoms with E-state index in [2.05, 4.69) is 80.8 Å². The predicted octanol–water partition coefficient (Wildman–Crippen LogP) is 8.35. The van der Waals surface area contributed by atoms with Gasteiger partial charge in [0.25, 0.3) is 0 Å². The van der Waals surface area contributed by atoms with E-state index in [0.717, 1.165) is 59.7 Å². The van der Waals surface area contributed by atoms with Gasteiger partial charge in [0.15, 0.2) is 0 Å². The van der Waals surface area contributed by atoms with Gasteiger partial charge in [-0.2, -0.15) is 0 Å². The Morgan fingerprint density at radius 2 is 1.25 bits per heavy atom. The number of imidazole rings is 1. The molecule has 14 nitrogen and oxygen atoms in total. The fourth-order valence-corrected chi connectivity index (χ4v) is 11.0. The number of benzene rings is 3. The van der Waals surface area contributed by atoms with E-state index in [1.165, 1.54) is 61.3 Å². The number of fused-ring (bicyclic) bond motifs is 6. The van der Waals surface area contributed by atoms with Gasteiger partial charge in [0.05, 0.1) is 49.6 Å². The number of aromatic nitrogens is 2. The van der Waals surface area contributed by atoms with Crippen LogP contribution in [0, 0.1) is 11.8 Å². The molecule has 332 valence electrons. The molecule has 3 aromatic carbocycles. The number of anilines is 2. The van der Waals surface area contributed by atoms with E-state index in [1.54, 1.807) is 0 Å². The first kappa shape index (κ1) is 42.3. The number of nitrogens with one attached hydrogen (secondary N) is 5. The number of amides is 4. The van der Waals surface area contributed by atoms with Crippen molar-refractivity contribution in [3.63, 3.8) is 0 Å². The van der Waals surface area contributed by atoms with Crippen molar-refractivity contribution in [2.45, 2.75) is 115 Å². The van der Waals surface area contributed by atoms with Gasteiger partial charge in [0, 0.05) is 18.7 Å². The van der Waals surface area contributed by atoms with Gasteiger partial charge in [-0.05, 0) is 114 Å². The minimum atomic E-state index is -0.681. The number of hydrogen-bond donors (Lipinski definition) is 5. The third-order valence-electron chi connectivity index (χ3n) is 14.2. The van der Waals surface area contributed by atoms with Gasteiger partial charge in [-0.1, -0.05) is 70.2 Å². The summed E-state index contributed by atoms with van der Waals surface area (Å²) in [7, 11) is 2.62. The number of carbonyl (C=O) groups is 4. The number of rotatable bonds is 11. The van der Waals surface area contributed by atoms with Crippen molar-refractivity contribution in [1.82, 2.24) is 30.4 Å². The lowest BCUT2D eigenvalue weighted by Gasteiger charge is -2.33. The molecule has 14 heteroatoms. The normalized spacial score (nSPS) is 23.0. The van der Waals surface area contributed by atoms with E-state index < -0.39 is 24.3 Å². The molecule has 3 fully saturated rings. The van der Waals surface area contributed by atoms with E-state index in [1.807, 2.05) is 43.7 Å². The summed E-state index contributed by atoms with van der Waals surface area (Å²) in [6.45, 7) is 8.97. The van der Waals surface area contributed by atoms with E-state index in [4.69, 9.17) is 14.5 Å². The summed E-state index contributed by atoms with van der Waals surface area (Å²) in [5.41, 5.74) is 11.8. The first-order valence-electron chi connectivity index (χ1n) is 22.7. The van der Waals surface area contributed by atoms with Crippen molar-refractivity contribution in [1.29, 1.82) is 0 Å². The summed E-state index contributed by atoms with van der Waals surface area (Å²) in [6.07, 6.45) is 7.54. The summed E-state index contributed by atoms with van der Waals surface area (Å²) < 4.78 is 9.63. The fourth-order valence-electron chi connectivity index (χ4n) is 11.0. The van der Waals surface area contributed by atoms with Gasteiger partial charge in [0.1, 0.15) is 24.1 Å². The lowest BCUT2D eigenvalue weighted by molar-refractivity contribution is -0.136. The molecule has 3 unspecified atom stereocenters. The molecule has 5 N–H and O–H groups in total. The number of likely N-dealkylation sites (tertiary alicyclic amines) is 2. The highest BCUT2D eigenvalue weighted by Gasteiger charge is 2.43. The van der Waals surface area contributed by atoms with E-state index in [9.17, 15) is 19.2 Å². The van der Waals surface area contributed by atoms with Crippen LogP contribution in [-0.2, 0) is 19.1 Å². The van der Waals surface area contributed by atoms with Crippen LogP contribution in [0.15, 0.2) is 60.8 Å². The van der Waals surface area contributed by atoms with Gasteiger partial charge in [-0.3, -0.25) is 9.59 Å². The van der Waals surface area contributed by atoms with Gasteiger partial charge in [-0.25, -0.2) is 14.6 Å². The van der Waals surface area contributed by atoms with Crippen LogP contribution in [0.25, 0.3) is 33.5 Å². The van der Waals surface area contributed by atoms with Crippen LogP contribution in [-0.4, -0.2) is 95.4 Å². The Balaban J connectivity index is 0.916. The van der Waals surface area contributed by atoms with Crippen LogP contribution in [0.2, 0.25) is 0 Å². The standard InChI is InChI=1S/C49H60N8O6/c1-26(2)42(54-48(60)62-5)46(58)56-21-7-9-38(56)44-50-25-37(53-44)34-19-18-33(40-31-15-16-32(23-31)41(34)40)29-13-11-28(12-14-29)30-17-20-35-36(24-30)52-45(51-35)39-10-8-22-57(39)47(59)43(27(3)4)55-49(61)63-6/h11-14,17-20,24-27,31-32,38-39,42-43,45,51-52H,7-10,15-16,21-23H2,1-6H3,(H,50,53)(H,54,60)(H,55,61)/t31?,32?,38-,39-,42-,43-,45?/m0/s1. The van der Waals surface area contributed by atoms with Crippen molar-refractivity contribution in [2.24, 2.45) is 11.8 Å². The number of hydrogen-bond acceptors (Lipinski definition) is 9. The molecule has 2 bridgehead atoms. The molecular weight excluding hydrogens is 797 g/mol.